The molecule has 0 aliphatic heterocycles. The number of hydrogen-bond donors (Lipinski definition) is 2. The summed E-state index contributed by atoms with van der Waals surface area (Å²) in [7, 11) is 0. The summed E-state index contributed by atoms with van der Waals surface area (Å²) in [5.41, 5.74) is 8.05. The molecule has 0 spiro atoms. The molecule has 1 aliphatic rings. The number of carbonyl (C=O) groups excluding carboxylic acids is 1. The second-order valence-corrected chi connectivity index (χ2v) is 4.57. The Hall–Kier alpha value is -1.35. The minimum atomic E-state index is 0.138. The predicted molar refractivity (Wildman–Crippen MR) is 63.7 cm³/mol. The fourth-order valence-electron chi connectivity index (χ4n) is 2.01. The average Bonchev–Trinajstić information content (AvgIpc) is 2.23. The first kappa shape index (κ1) is 11.1. The Labute approximate surface area is 96.0 Å². The van der Waals surface area contributed by atoms with Gasteiger partial charge >= 0.3 is 0 Å². The molecule has 0 saturated heterocycles. The van der Waals surface area contributed by atoms with Gasteiger partial charge in [-0.25, -0.2) is 0 Å². The van der Waals surface area contributed by atoms with Crippen molar-refractivity contribution >= 4 is 5.91 Å². The van der Waals surface area contributed by atoms with E-state index < -0.39 is 0 Å². The van der Waals surface area contributed by atoms with Gasteiger partial charge in [-0.05, 0) is 30.9 Å². The van der Waals surface area contributed by atoms with Gasteiger partial charge in [0, 0.05) is 18.5 Å². The van der Waals surface area contributed by atoms with Crippen molar-refractivity contribution in [3.05, 3.63) is 35.4 Å². The standard InChI is InChI=1S/C13H18N2O/c1-9-4-2-3-5-10(9)8-15-13(16)11-6-12(14)7-11/h2-5,11-12H,6-8,14H2,1H3,(H,15,16). The highest BCUT2D eigenvalue weighted by Gasteiger charge is 2.31. The zero-order valence-corrected chi connectivity index (χ0v) is 9.57. The molecule has 1 fully saturated rings. The monoisotopic (exact) mass is 218 g/mol. The van der Waals surface area contributed by atoms with Gasteiger partial charge in [-0.15, -0.1) is 0 Å². The van der Waals surface area contributed by atoms with E-state index in [-0.39, 0.29) is 17.9 Å². The zero-order valence-electron chi connectivity index (χ0n) is 9.57. The van der Waals surface area contributed by atoms with E-state index >= 15 is 0 Å². The number of nitrogens with two attached hydrogens (primary N) is 1. The van der Waals surface area contributed by atoms with E-state index in [1.54, 1.807) is 0 Å². The molecule has 2 rings (SSSR count). The maximum atomic E-state index is 11.7. The average molecular weight is 218 g/mol. The fraction of sp³-hybridized carbons (Fsp3) is 0.462. The second kappa shape index (κ2) is 4.66. The first-order valence-corrected chi connectivity index (χ1v) is 5.74. The van der Waals surface area contributed by atoms with E-state index in [4.69, 9.17) is 5.73 Å². The highest BCUT2D eigenvalue weighted by atomic mass is 16.1. The molecule has 16 heavy (non-hydrogen) atoms. The van der Waals surface area contributed by atoms with Gasteiger partial charge in [0.25, 0.3) is 0 Å². The Bertz CT molecular complexity index is 383. The number of nitrogens with one attached hydrogen (secondary N) is 1. The molecule has 1 aromatic carbocycles. The van der Waals surface area contributed by atoms with E-state index in [1.807, 2.05) is 18.2 Å². The van der Waals surface area contributed by atoms with Crippen LogP contribution in [0, 0.1) is 12.8 Å². The molecular weight excluding hydrogens is 200 g/mol. The molecule has 0 radical (unpaired) electrons. The summed E-state index contributed by atoms with van der Waals surface area (Å²) in [5, 5.41) is 2.97. The van der Waals surface area contributed by atoms with Crippen LogP contribution in [0.15, 0.2) is 24.3 Å². The van der Waals surface area contributed by atoms with Crippen molar-refractivity contribution in [3.63, 3.8) is 0 Å². The van der Waals surface area contributed by atoms with Crippen LogP contribution in [0.4, 0.5) is 0 Å². The predicted octanol–water partition coefficient (Wildman–Crippen LogP) is 1.35. The van der Waals surface area contributed by atoms with Crippen molar-refractivity contribution in [2.45, 2.75) is 32.4 Å². The normalized spacial score (nSPS) is 23.6. The fourth-order valence-corrected chi connectivity index (χ4v) is 2.01. The van der Waals surface area contributed by atoms with Crippen LogP contribution in [0.2, 0.25) is 0 Å². The Morgan fingerprint density at radius 3 is 2.75 bits per heavy atom. The third-order valence-corrected chi connectivity index (χ3v) is 3.26. The molecule has 0 aromatic heterocycles. The lowest BCUT2D eigenvalue weighted by Crippen LogP contribution is -2.44. The number of benzene rings is 1. The summed E-state index contributed by atoms with van der Waals surface area (Å²) in [4.78, 5) is 11.7. The zero-order chi connectivity index (χ0) is 11.5. The molecule has 0 unspecified atom stereocenters. The molecule has 1 aromatic rings. The molecule has 1 aliphatic carbocycles. The quantitative estimate of drug-likeness (QED) is 0.804. The van der Waals surface area contributed by atoms with Crippen molar-refractivity contribution in [1.29, 1.82) is 0 Å². The Balaban J connectivity index is 1.83. The van der Waals surface area contributed by atoms with E-state index in [9.17, 15) is 4.79 Å². The molecule has 0 heterocycles. The molecule has 1 saturated carbocycles. The van der Waals surface area contributed by atoms with E-state index in [1.165, 1.54) is 11.1 Å². The van der Waals surface area contributed by atoms with Gasteiger partial charge in [-0.2, -0.15) is 0 Å². The van der Waals surface area contributed by atoms with Gasteiger partial charge in [-0.1, -0.05) is 24.3 Å². The van der Waals surface area contributed by atoms with E-state index in [0.29, 0.717) is 6.54 Å². The lowest BCUT2D eigenvalue weighted by Gasteiger charge is -2.31. The van der Waals surface area contributed by atoms with Crippen LogP contribution in [0.3, 0.4) is 0 Å². The summed E-state index contributed by atoms with van der Waals surface area (Å²) >= 11 is 0. The van der Waals surface area contributed by atoms with Crippen molar-refractivity contribution in [3.8, 4) is 0 Å². The van der Waals surface area contributed by atoms with E-state index in [0.717, 1.165) is 12.8 Å². The molecule has 3 heteroatoms. The highest BCUT2D eigenvalue weighted by molar-refractivity contribution is 5.79. The van der Waals surface area contributed by atoms with Gasteiger partial charge < -0.3 is 11.1 Å². The summed E-state index contributed by atoms with van der Waals surface area (Å²) in [6.45, 7) is 2.68. The SMILES string of the molecule is Cc1ccccc1CNC(=O)C1CC(N)C1. The first-order valence-electron chi connectivity index (χ1n) is 5.74. The van der Waals surface area contributed by atoms with E-state index in [2.05, 4.69) is 18.3 Å². The van der Waals surface area contributed by atoms with Gasteiger partial charge in [0.15, 0.2) is 0 Å². The van der Waals surface area contributed by atoms with Crippen molar-refractivity contribution in [2.24, 2.45) is 11.7 Å². The molecule has 3 N–H and O–H groups in total. The van der Waals surface area contributed by atoms with Gasteiger partial charge in [0.2, 0.25) is 5.91 Å². The second-order valence-electron chi connectivity index (χ2n) is 4.57. The largest absolute Gasteiger partial charge is 0.352 e. The lowest BCUT2D eigenvalue weighted by atomic mass is 9.80. The smallest absolute Gasteiger partial charge is 0.223 e. The Morgan fingerprint density at radius 2 is 2.12 bits per heavy atom. The Morgan fingerprint density at radius 1 is 1.44 bits per heavy atom. The van der Waals surface area contributed by atoms with Crippen LogP contribution in [-0.4, -0.2) is 11.9 Å². The first-order chi connectivity index (χ1) is 7.66. The highest BCUT2D eigenvalue weighted by Crippen LogP contribution is 2.25. The van der Waals surface area contributed by atoms with Gasteiger partial charge in [-0.3, -0.25) is 4.79 Å². The van der Waals surface area contributed by atoms with Crippen LogP contribution in [0.5, 0.6) is 0 Å². The van der Waals surface area contributed by atoms with Crippen molar-refractivity contribution in [2.75, 3.05) is 0 Å². The number of aryl methyl sites for hydroxylation is 1. The molecular formula is C13H18N2O. The molecule has 86 valence electrons. The summed E-state index contributed by atoms with van der Waals surface area (Å²) in [6, 6.07) is 8.33. The molecule has 0 bridgehead atoms. The molecule has 0 atom stereocenters. The van der Waals surface area contributed by atoms with Crippen LogP contribution in [-0.2, 0) is 11.3 Å². The molecule has 3 nitrogen and oxygen atoms in total. The maximum absolute atomic E-state index is 11.7. The van der Waals surface area contributed by atoms with Gasteiger partial charge in [0.1, 0.15) is 0 Å². The summed E-state index contributed by atoms with van der Waals surface area (Å²) in [6.07, 6.45) is 1.67. The number of carbonyl (C=O) groups is 1. The van der Waals surface area contributed by atoms with Crippen LogP contribution in [0.25, 0.3) is 0 Å². The number of amides is 1. The third kappa shape index (κ3) is 2.42. The van der Waals surface area contributed by atoms with Crippen LogP contribution < -0.4 is 11.1 Å². The van der Waals surface area contributed by atoms with Crippen LogP contribution in [0.1, 0.15) is 24.0 Å². The van der Waals surface area contributed by atoms with Crippen molar-refractivity contribution < 1.29 is 4.79 Å². The summed E-state index contributed by atoms with van der Waals surface area (Å²) < 4.78 is 0. The lowest BCUT2D eigenvalue weighted by molar-refractivity contribution is -0.128. The molecule has 1 amide bonds. The maximum Gasteiger partial charge on any atom is 0.223 e. The topological polar surface area (TPSA) is 55.1 Å². The van der Waals surface area contributed by atoms with Gasteiger partial charge in [0.05, 0.1) is 0 Å². The minimum absolute atomic E-state index is 0.138. The van der Waals surface area contributed by atoms with Crippen LogP contribution >= 0.6 is 0 Å². The Kier molecular flexibility index (Phi) is 3.25. The number of hydrogen-bond acceptors (Lipinski definition) is 2. The third-order valence-electron chi connectivity index (χ3n) is 3.26. The minimum Gasteiger partial charge on any atom is -0.352 e. The number of rotatable bonds is 3. The van der Waals surface area contributed by atoms with Crippen molar-refractivity contribution in [1.82, 2.24) is 5.32 Å². The summed E-state index contributed by atoms with van der Waals surface area (Å²) in [5.74, 6) is 0.281.